The van der Waals surface area contributed by atoms with Crippen molar-refractivity contribution in [3.05, 3.63) is 46.2 Å². The summed E-state index contributed by atoms with van der Waals surface area (Å²) in [7, 11) is -3.13. The van der Waals surface area contributed by atoms with E-state index < -0.39 is 21.3 Å². The van der Waals surface area contributed by atoms with Gasteiger partial charge in [0, 0.05) is 29.5 Å². The minimum Gasteiger partial charge on any atom is -0.369 e. The molecule has 0 bridgehead atoms. The minimum atomic E-state index is -3.13. The molecule has 0 atom stereocenters. The van der Waals surface area contributed by atoms with Crippen LogP contribution in [0.5, 0.6) is 0 Å². The summed E-state index contributed by atoms with van der Waals surface area (Å²) in [4.78, 5) is 29.9. The highest BCUT2D eigenvalue weighted by atomic mass is 32.2. The van der Waals surface area contributed by atoms with Crippen molar-refractivity contribution in [2.45, 2.75) is 6.92 Å². The molecule has 8 nitrogen and oxygen atoms in total. The maximum Gasteiger partial charge on any atom is 0.252 e. The van der Waals surface area contributed by atoms with E-state index >= 15 is 0 Å². The number of benzene rings is 1. The van der Waals surface area contributed by atoms with Gasteiger partial charge in [-0.1, -0.05) is 19.1 Å². The number of nitrogen functional groups attached to an aromatic ring is 1. The second kappa shape index (κ2) is 7.26. The van der Waals surface area contributed by atoms with Crippen molar-refractivity contribution in [1.29, 1.82) is 0 Å². The van der Waals surface area contributed by atoms with Gasteiger partial charge >= 0.3 is 0 Å². The number of nitrogens with one attached hydrogen (secondary N) is 2. The lowest BCUT2D eigenvalue weighted by atomic mass is 10.1. The van der Waals surface area contributed by atoms with Crippen LogP contribution < -0.4 is 16.6 Å². The van der Waals surface area contributed by atoms with E-state index in [2.05, 4.69) is 15.3 Å². The number of anilines is 1. The third-order valence-corrected chi connectivity index (χ3v) is 5.02. The zero-order valence-electron chi connectivity index (χ0n) is 13.1. The molecule has 0 aliphatic heterocycles. The molecule has 2 aromatic rings. The van der Waals surface area contributed by atoms with E-state index in [-0.39, 0.29) is 24.0 Å². The van der Waals surface area contributed by atoms with Crippen molar-refractivity contribution < 1.29 is 13.2 Å². The summed E-state index contributed by atoms with van der Waals surface area (Å²) in [6, 6.07) is 7.77. The quantitative estimate of drug-likeness (QED) is 0.680. The van der Waals surface area contributed by atoms with Gasteiger partial charge in [0.2, 0.25) is 5.95 Å². The Hall–Kier alpha value is -2.68. The number of hydrogen-bond donors (Lipinski definition) is 3. The highest BCUT2D eigenvalue weighted by Gasteiger charge is 2.11. The van der Waals surface area contributed by atoms with E-state index in [1.54, 1.807) is 31.2 Å². The first-order chi connectivity index (χ1) is 11.3. The predicted molar refractivity (Wildman–Crippen MR) is 91.4 cm³/mol. The van der Waals surface area contributed by atoms with E-state index in [9.17, 15) is 18.0 Å². The Kier molecular flexibility index (Phi) is 5.35. The van der Waals surface area contributed by atoms with Gasteiger partial charge in [-0.3, -0.25) is 14.6 Å². The van der Waals surface area contributed by atoms with Crippen molar-refractivity contribution in [3.8, 4) is 11.3 Å². The molecule has 0 saturated heterocycles. The first-order valence-corrected chi connectivity index (χ1v) is 9.09. The number of hydrogen-bond acceptors (Lipinski definition) is 6. The van der Waals surface area contributed by atoms with Crippen molar-refractivity contribution >= 4 is 21.7 Å². The second-order valence-corrected chi connectivity index (χ2v) is 7.56. The molecule has 9 heteroatoms. The molecule has 2 rings (SSSR count). The van der Waals surface area contributed by atoms with Gasteiger partial charge in [0.1, 0.15) is 0 Å². The van der Waals surface area contributed by atoms with Crippen LogP contribution in [0.25, 0.3) is 11.3 Å². The summed E-state index contributed by atoms with van der Waals surface area (Å²) in [5.74, 6) is -0.493. The van der Waals surface area contributed by atoms with Gasteiger partial charge in [0.15, 0.2) is 9.84 Å². The highest BCUT2D eigenvalue weighted by Crippen LogP contribution is 2.17. The Labute approximate surface area is 139 Å². The Balaban J connectivity index is 2.15. The van der Waals surface area contributed by atoms with E-state index in [4.69, 9.17) is 5.73 Å². The molecule has 1 amide bonds. The first kappa shape index (κ1) is 17.7. The molecule has 0 saturated carbocycles. The maximum absolute atomic E-state index is 12.1. The van der Waals surface area contributed by atoms with Gasteiger partial charge in [-0.2, -0.15) is 0 Å². The number of aromatic nitrogens is 2. The fraction of sp³-hybridized carbons (Fsp3) is 0.267. The van der Waals surface area contributed by atoms with Crippen LogP contribution in [-0.4, -0.2) is 42.3 Å². The normalized spacial score (nSPS) is 11.2. The summed E-state index contributed by atoms with van der Waals surface area (Å²) in [5, 5.41) is 2.56. The number of amides is 1. The van der Waals surface area contributed by atoms with E-state index in [1.165, 1.54) is 6.07 Å². The molecule has 0 unspecified atom stereocenters. The van der Waals surface area contributed by atoms with Crippen molar-refractivity contribution in [2.24, 2.45) is 0 Å². The Morgan fingerprint density at radius 2 is 2.08 bits per heavy atom. The molecule has 0 aliphatic carbocycles. The number of nitrogens with two attached hydrogens (primary N) is 1. The Morgan fingerprint density at radius 3 is 2.75 bits per heavy atom. The largest absolute Gasteiger partial charge is 0.369 e. The fourth-order valence-corrected chi connectivity index (χ4v) is 2.71. The average molecular weight is 350 g/mol. The number of nitrogens with zero attached hydrogens (tertiary/aromatic N) is 1. The number of carbonyl (C=O) groups excluding carboxylic acids is 1. The number of rotatable bonds is 6. The van der Waals surface area contributed by atoms with E-state index in [0.29, 0.717) is 16.8 Å². The highest BCUT2D eigenvalue weighted by molar-refractivity contribution is 7.91. The Bertz CT molecular complexity index is 906. The monoisotopic (exact) mass is 350 g/mol. The smallest absolute Gasteiger partial charge is 0.252 e. The third kappa shape index (κ3) is 4.66. The lowest BCUT2D eigenvalue weighted by Crippen LogP contribution is -2.29. The summed E-state index contributed by atoms with van der Waals surface area (Å²) in [5.41, 5.74) is 6.36. The Morgan fingerprint density at radius 1 is 1.33 bits per heavy atom. The van der Waals surface area contributed by atoms with Crippen molar-refractivity contribution in [2.75, 3.05) is 23.8 Å². The summed E-state index contributed by atoms with van der Waals surface area (Å²) in [6.45, 7) is 1.59. The summed E-state index contributed by atoms with van der Waals surface area (Å²) >= 11 is 0. The van der Waals surface area contributed by atoms with Crippen LogP contribution in [-0.2, 0) is 9.84 Å². The predicted octanol–water partition coefficient (Wildman–Crippen LogP) is 0.184. The van der Waals surface area contributed by atoms with Crippen LogP contribution in [0.4, 0.5) is 5.95 Å². The van der Waals surface area contributed by atoms with Gasteiger partial charge in [-0.25, -0.2) is 13.4 Å². The lowest BCUT2D eigenvalue weighted by Gasteiger charge is -2.07. The molecule has 0 spiro atoms. The van der Waals surface area contributed by atoms with Crippen LogP contribution >= 0.6 is 0 Å². The van der Waals surface area contributed by atoms with E-state index in [0.717, 1.165) is 0 Å². The minimum absolute atomic E-state index is 0.0165. The molecule has 4 N–H and O–H groups in total. The van der Waals surface area contributed by atoms with Gasteiger partial charge in [0.25, 0.3) is 11.5 Å². The van der Waals surface area contributed by atoms with Crippen LogP contribution in [0.15, 0.2) is 35.1 Å². The van der Waals surface area contributed by atoms with Crippen molar-refractivity contribution in [3.63, 3.8) is 0 Å². The molecule has 24 heavy (non-hydrogen) atoms. The summed E-state index contributed by atoms with van der Waals surface area (Å²) in [6.07, 6.45) is 0. The fourth-order valence-electron chi connectivity index (χ4n) is 2.01. The first-order valence-electron chi connectivity index (χ1n) is 7.26. The molecule has 1 aromatic carbocycles. The van der Waals surface area contributed by atoms with Crippen LogP contribution in [0.2, 0.25) is 0 Å². The zero-order valence-corrected chi connectivity index (χ0v) is 13.9. The number of sulfone groups is 1. The van der Waals surface area contributed by atoms with Crippen molar-refractivity contribution in [1.82, 2.24) is 15.3 Å². The van der Waals surface area contributed by atoms with Gasteiger partial charge < -0.3 is 11.1 Å². The van der Waals surface area contributed by atoms with Gasteiger partial charge in [-0.05, 0) is 12.1 Å². The number of carbonyl (C=O) groups is 1. The molecule has 0 aliphatic rings. The molecule has 128 valence electrons. The van der Waals surface area contributed by atoms with E-state index in [1.807, 2.05) is 0 Å². The molecule has 0 fully saturated rings. The topological polar surface area (TPSA) is 135 Å². The summed E-state index contributed by atoms with van der Waals surface area (Å²) < 4.78 is 22.8. The van der Waals surface area contributed by atoms with Crippen LogP contribution in [0, 0.1) is 0 Å². The SMILES string of the molecule is CCS(=O)(=O)CCNC(=O)c1cccc(-c2cc(=O)[nH]c(N)n2)c1. The maximum atomic E-state index is 12.1. The average Bonchev–Trinajstić information content (AvgIpc) is 2.54. The molecule has 0 radical (unpaired) electrons. The molecular formula is C15H18N4O4S. The lowest BCUT2D eigenvalue weighted by molar-refractivity contribution is 0.0956. The second-order valence-electron chi connectivity index (χ2n) is 5.09. The molecule has 1 heterocycles. The zero-order chi connectivity index (χ0) is 17.7. The van der Waals surface area contributed by atoms with Crippen LogP contribution in [0.1, 0.15) is 17.3 Å². The number of aromatic amines is 1. The van der Waals surface area contributed by atoms with Crippen LogP contribution in [0.3, 0.4) is 0 Å². The molecule has 1 aromatic heterocycles. The van der Waals surface area contributed by atoms with Gasteiger partial charge in [-0.15, -0.1) is 0 Å². The molecular weight excluding hydrogens is 332 g/mol. The standard InChI is InChI=1S/C15H18N4O4S/c1-2-24(22,23)7-6-17-14(21)11-5-3-4-10(8-11)12-9-13(20)19-15(16)18-12/h3-5,8-9H,2,6-7H2,1H3,(H,17,21)(H3,16,18,19,20). The third-order valence-electron chi connectivity index (χ3n) is 3.32. The number of H-pyrrole nitrogens is 1. The van der Waals surface area contributed by atoms with Gasteiger partial charge in [0.05, 0.1) is 11.4 Å².